The molecule has 0 heterocycles. The largest absolute Gasteiger partial charge is 0.397 e. The quantitative estimate of drug-likeness (QED) is 0.819. The van der Waals surface area contributed by atoms with Crippen molar-refractivity contribution in [2.45, 2.75) is 13.8 Å². The number of amides is 1. The average Bonchev–Trinajstić information content (AvgIpc) is 2.36. The first-order chi connectivity index (χ1) is 8.97. The maximum atomic E-state index is 12.2. The molecule has 3 nitrogen and oxygen atoms in total. The monoisotopic (exact) mass is 274 g/mol. The minimum absolute atomic E-state index is 0.211. The van der Waals surface area contributed by atoms with Crippen molar-refractivity contribution in [3.63, 3.8) is 0 Å². The Morgan fingerprint density at radius 1 is 1.16 bits per heavy atom. The molecule has 0 aliphatic carbocycles. The Morgan fingerprint density at radius 2 is 1.89 bits per heavy atom. The summed E-state index contributed by atoms with van der Waals surface area (Å²) in [4.78, 5) is 12.2. The number of benzene rings is 2. The zero-order valence-corrected chi connectivity index (χ0v) is 11.6. The first-order valence-corrected chi connectivity index (χ1v) is 6.29. The lowest BCUT2D eigenvalue weighted by atomic mass is 10.1. The second kappa shape index (κ2) is 5.33. The first kappa shape index (κ1) is 13.4. The van der Waals surface area contributed by atoms with Gasteiger partial charge in [-0.2, -0.15) is 0 Å². The number of anilines is 2. The summed E-state index contributed by atoms with van der Waals surface area (Å²) in [5.74, 6) is -0.211. The lowest BCUT2D eigenvalue weighted by Crippen LogP contribution is -2.14. The molecule has 3 N–H and O–H groups in total. The minimum Gasteiger partial charge on any atom is -0.397 e. The summed E-state index contributed by atoms with van der Waals surface area (Å²) in [5, 5.41) is 3.35. The number of hydrogen-bond donors (Lipinski definition) is 2. The van der Waals surface area contributed by atoms with Gasteiger partial charge in [-0.3, -0.25) is 4.79 Å². The fourth-order valence-corrected chi connectivity index (χ4v) is 1.98. The van der Waals surface area contributed by atoms with Crippen molar-refractivity contribution in [1.29, 1.82) is 0 Å². The van der Waals surface area contributed by atoms with E-state index < -0.39 is 0 Å². The maximum absolute atomic E-state index is 12.2. The predicted octanol–water partition coefficient (Wildman–Crippen LogP) is 3.79. The molecule has 0 bridgehead atoms. The van der Waals surface area contributed by atoms with Crippen molar-refractivity contribution >= 4 is 28.9 Å². The molecule has 0 saturated carbocycles. The zero-order chi connectivity index (χ0) is 14.0. The van der Waals surface area contributed by atoms with Crippen molar-refractivity contribution in [3.8, 4) is 0 Å². The molecule has 0 aliphatic heterocycles. The Morgan fingerprint density at radius 3 is 2.63 bits per heavy atom. The van der Waals surface area contributed by atoms with E-state index in [1.807, 2.05) is 32.0 Å². The van der Waals surface area contributed by atoms with E-state index >= 15 is 0 Å². The van der Waals surface area contributed by atoms with Gasteiger partial charge in [0, 0.05) is 10.6 Å². The molecule has 0 atom stereocenters. The molecule has 2 aromatic rings. The number of halogens is 1. The third-order valence-corrected chi connectivity index (χ3v) is 3.14. The summed E-state index contributed by atoms with van der Waals surface area (Å²) in [5.41, 5.74) is 9.45. The van der Waals surface area contributed by atoms with E-state index in [-0.39, 0.29) is 5.91 Å². The summed E-state index contributed by atoms with van der Waals surface area (Å²) >= 11 is 5.92. The van der Waals surface area contributed by atoms with Crippen molar-refractivity contribution in [3.05, 3.63) is 58.1 Å². The molecule has 2 aromatic carbocycles. The summed E-state index contributed by atoms with van der Waals surface area (Å²) in [6.07, 6.45) is 0. The fourth-order valence-electron chi connectivity index (χ4n) is 1.81. The minimum atomic E-state index is -0.211. The Balaban J connectivity index is 2.30. The molecule has 0 aliphatic rings. The molecule has 19 heavy (non-hydrogen) atoms. The van der Waals surface area contributed by atoms with Gasteiger partial charge in [-0.05, 0) is 49.2 Å². The normalized spacial score (nSPS) is 10.3. The highest BCUT2D eigenvalue weighted by atomic mass is 35.5. The highest BCUT2D eigenvalue weighted by molar-refractivity contribution is 6.31. The average molecular weight is 275 g/mol. The number of nitrogens with one attached hydrogen (secondary N) is 1. The van der Waals surface area contributed by atoms with Crippen LogP contribution in [-0.2, 0) is 0 Å². The molecular weight excluding hydrogens is 260 g/mol. The lowest BCUT2D eigenvalue weighted by Gasteiger charge is -2.11. The van der Waals surface area contributed by atoms with Crippen molar-refractivity contribution < 1.29 is 4.79 Å². The van der Waals surface area contributed by atoms with Gasteiger partial charge in [-0.1, -0.05) is 23.7 Å². The number of carbonyl (C=O) groups is 1. The number of carbonyl (C=O) groups excluding carboxylic acids is 1. The van der Waals surface area contributed by atoms with E-state index in [0.717, 1.165) is 11.1 Å². The van der Waals surface area contributed by atoms with Crippen LogP contribution >= 0.6 is 11.6 Å². The van der Waals surface area contributed by atoms with Gasteiger partial charge in [0.2, 0.25) is 0 Å². The molecular formula is C15H15ClN2O. The van der Waals surface area contributed by atoms with Gasteiger partial charge >= 0.3 is 0 Å². The van der Waals surface area contributed by atoms with E-state index in [0.29, 0.717) is 22.0 Å². The van der Waals surface area contributed by atoms with Crippen LogP contribution in [0.3, 0.4) is 0 Å². The number of nitrogen functional groups attached to an aromatic ring is 1. The van der Waals surface area contributed by atoms with Crippen LogP contribution in [0.5, 0.6) is 0 Å². The van der Waals surface area contributed by atoms with Crippen LogP contribution in [0.1, 0.15) is 21.5 Å². The van der Waals surface area contributed by atoms with E-state index in [4.69, 9.17) is 17.3 Å². The van der Waals surface area contributed by atoms with Crippen LogP contribution in [0.15, 0.2) is 36.4 Å². The van der Waals surface area contributed by atoms with E-state index in [2.05, 4.69) is 5.32 Å². The van der Waals surface area contributed by atoms with Crippen molar-refractivity contribution in [2.75, 3.05) is 11.1 Å². The third kappa shape index (κ3) is 3.06. The number of hydrogen-bond acceptors (Lipinski definition) is 2. The predicted molar refractivity (Wildman–Crippen MR) is 79.7 cm³/mol. The molecule has 4 heteroatoms. The van der Waals surface area contributed by atoms with Crippen molar-refractivity contribution in [2.24, 2.45) is 0 Å². The van der Waals surface area contributed by atoms with Crippen LogP contribution in [-0.4, -0.2) is 5.91 Å². The van der Waals surface area contributed by atoms with E-state index in [9.17, 15) is 4.79 Å². The zero-order valence-electron chi connectivity index (χ0n) is 10.8. The van der Waals surface area contributed by atoms with E-state index in [1.54, 1.807) is 18.2 Å². The Bertz CT molecular complexity index is 638. The van der Waals surface area contributed by atoms with Crippen LogP contribution in [0, 0.1) is 13.8 Å². The molecule has 2 rings (SSSR count). The van der Waals surface area contributed by atoms with Crippen molar-refractivity contribution in [1.82, 2.24) is 0 Å². The highest BCUT2D eigenvalue weighted by Gasteiger charge is 2.11. The number of nitrogens with two attached hydrogens (primary N) is 1. The molecule has 0 aromatic heterocycles. The Hall–Kier alpha value is -2.00. The summed E-state index contributed by atoms with van der Waals surface area (Å²) < 4.78 is 0. The van der Waals surface area contributed by atoms with Crippen LogP contribution < -0.4 is 11.1 Å². The second-order valence-corrected chi connectivity index (χ2v) is 4.94. The van der Waals surface area contributed by atoms with Crippen LogP contribution in [0.4, 0.5) is 11.4 Å². The molecule has 0 radical (unpaired) electrons. The molecule has 98 valence electrons. The summed E-state index contributed by atoms with van der Waals surface area (Å²) in [6.45, 7) is 3.81. The van der Waals surface area contributed by atoms with Gasteiger partial charge in [-0.15, -0.1) is 0 Å². The van der Waals surface area contributed by atoms with Gasteiger partial charge in [0.25, 0.3) is 5.91 Å². The fraction of sp³-hybridized carbons (Fsp3) is 0.133. The van der Waals surface area contributed by atoms with Gasteiger partial charge in [-0.25, -0.2) is 0 Å². The maximum Gasteiger partial charge on any atom is 0.256 e. The lowest BCUT2D eigenvalue weighted by molar-refractivity contribution is 0.102. The molecule has 1 amide bonds. The number of aryl methyl sites for hydroxylation is 2. The second-order valence-electron chi connectivity index (χ2n) is 4.50. The smallest absolute Gasteiger partial charge is 0.256 e. The molecule has 0 spiro atoms. The van der Waals surface area contributed by atoms with E-state index in [1.165, 1.54) is 0 Å². The molecule has 0 fully saturated rings. The van der Waals surface area contributed by atoms with Crippen LogP contribution in [0.2, 0.25) is 5.02 Å². The topological polar surface area (TPSA) is 55.1 Å². The highest BCUT2D eigenvalue weighted by Crippen LogP contribution is 2.22. The first-order valence-electron chi connectivity index (χ1n) is 5.91. The number of rotatable bonds is 2. The third-order valence-electron chi connectivity index (χ3n) is 2.90. The molecule has 0 unspecified atom stereocenters. The van der Waals surface area contributed by atoms with Gasteiger partial charge < -0.3 is 11.1 Å². The SMILES string of the molecule is Cc1ccc(N)c(NC(=O)c2cc(Cl)ccc2C)c1. The Kier molecular flexibility index (Phi) is 3.76. The Labute approximate surface area is 117 Å². The van der Waals surface area contributed by atoms with Gasteiger partial charge in [0.15, 0.2) is 0 Å². The van der Waals surface area contributed by atoms with Gasteiger partial charge in [0.05, 0.1) is 11.4 Å². The summed E-state index contributed by atoms with van der Waals surface area (Å²) in [7, 11) is 0. The van der Waals surface area contributed by atoms with Crippen LogP contribution in [0.25, 0.3) is 0 Å². The summed E-state index contributed by atoms with van der Waals surface area (Å²) in [6, 6.07) is 10.7. The molecule has 0 saturated heterocycles. The van der Waals surface area contributed by atoms with Gasteiger partial charge in [0.1, 0.15) is 0 Å². The standard InChI is InChI=1S/C15H15ClN2O/c1-9-3-6-13(17)14(7-9)18-15(19)12-8-11(16)5-4-10(12)2/h3-8H,17H2,1-2H3,(H,18,19).